The highest BCUT2D eigenvalue weighted by molar-refractivity contribution is 5.88. The average Bonchev–Trinajstić information content (AvgIpc) is 3.10. The summed E-state index contributed by atoms with van der Waals surface area (Å²) in [7, 11) is 5.64. The number of carbonyl (C=O) groups excluding carboxylic acids is 1. The number of hydrogen-bond donors (Lipinski definition) is 1. The number of halogens is 1. The van der Waals surface area contributed by atoms with Crippen LogP contribution in [0.2, 0.25) is 0 Å². The topological polar surface area (TPSA) is 48.6 Å². The van der Waals surface area contributed by atoms with E-state index in [1.54, 1.807) is 24.3 Å². The molecule has 2 aromatic rings. The predicted molar refractivity (Wildman–Crippen MR) is 91.4 cm³/mol. The van der Waals surface area contributed by atoms with Crippen molar-refractivity contribution in [2.45, 2.75) is 25.0 Å². The first-order chi connectivity index (χ1) is 11.5. The number of hydrogen-bond acceptors (Lipinski definition) is 3. The van der Waals surface area contributed by atoms with E-state index in [-0.39, 0.29) is 17.8 Å². The van der Waals surface area contributed by atoms with Crippen molar-refractivity contribution in [1.82, 2.24) is 14.8 Å². The lowest BCUT2D eigenvalue weighted by atomic mass is 10.1. The third-order valence-electron chi connectivity index (χ3n) is 4.96. The summed E-state index contributed by atoms with van der Waals surface area (Å²) in [6.45, 7) is 1.59. The lowest BCUT2D eigenvalue weighted by Gasteiger charge is -2.25. The first kappa shape index (κ1) is 16.9. The van der Waals surface area contributed by atoms with Gasteiger partial charge in [-0.1, -0.05) is 0 Å². The number of nitrogens with zero attached hydrogens (tertiary/aromatic N) is 2. The largest absolute Gasteiger partial charge is 0.380 e. The quantitative estimate of drug-likeness (QED) is 0.911. The molecule has 0 saturated carbocycles. The van der Waals surface area contributed by atoms with Crippen LogP contribution >= 0.6 is 0 Å². The van der Waals surface area contributed by atoms with Gasteiger partial charge in [0.1, 0.15) is 5.82 Å². The van der Waals surface area contributed by atoms with Crippen molar-refractivity contribution in [2.75, 3.05) is 34.3 Å². The van der Waals surface area contributed by atoms with Gasteiger partial charge >= 0.3 is 0 Å². The van der Waals surface area contributed by atoms with Crippen molar-refractivity contribution in [3.63, 3.8) is 0 Å². The summed E-state index contributed by atoms with van der Waals surface area (Å²) in [6, 6.07) is 4.91. The molecule has 130 valence electrons. The first-order valence-electron chi connectivity index (χ1n) is 8.20. The number of H-pyrrole nitrogens is 1. The number of likely N-dealkylation sites (tertiary alicyclic amines) is 1. The SMILES string of the molecule is CO[C@H]1C[C@@H](CN(C)C(=O)Cc2c[nH]c3cc(F)ccc23)N(C)C1. The maximum absolute atomic E-state index is 13.3. The number of ether oxygens (including phenoxy) is 1. The van der Waals surface area contributed by atoms with Crippen molar-refractivity contribution in [3.05, 3.63) is 35.8 Å². The maximum atomic E-state index is 13.3. The summed E-state index contributed by atoms with van der Waals surface area (Å²) in [4.78, 5) is 19.6. The van der Waals surface area contributed by atoms with Gasteiger partial charge < -0.3 is 14.6 Å². The number of aromatic amines is 1. The molecular weight excluding hydrogens is 309 g/mol. The monoisotopic (exact) mass is 333 g/mol. The number of rotatable bonds is 5. The van der Waals surface area contributed by atoms with E-state index in [4.69, 9.17) is 4.74 Å². The zero-order valence-electron chi connectivity index (χ0n) is 14.4. The van der Waals surface area contributed by atoms with Gasteiger partial charge in [-0.05, 0) is 37.2 Å². The van der Waals surface area contributed by atoms with E-state index in [2.05, 4.69) is 16.9 Å². The Hall–Kier alpha value is -1.92. The van der Waals surface area contributed by atoms with Crippen LogP contribution in [0.4, 0.5) is 4.39 Å². The minimum atomic E-state index is -0.281. The Bertz CT molecular complexity index is 730. The minimum absolute atomic E-state index is 0.0643. The fourth-order valence-electron chi connectivity index (χ4n) is 3.43. The third-order valence-corrected chi connectivity index (χ3v) is 4.96. The van der Waals surface area contributed by atoms with Gasteiger partial charge in [0.25, 0.3) is 0 Å². The van der Waals surface area contributed by atoms with Crippen molar-refractivity contribution in [2.24, 2.45) is 0 Å². The molecule has 1 fully saturated rings. The van der Waals surface area contributed by atoms with E-state index in [9.17, 15) is 9.18 Å². The zero-order valence-corrected chi connectivity index (χ0v) is 14.4. The predicted octanol–water partition coefficient (Wildman–Crippen LogP) is 2.03. The summed E-state index contributed by atoms with van der Waals surface area (Å²) < 4.78 is 18.7. The number of carbonyl (C=O) groups is 1. The zero-order chi connectivity index (χ0) is 17.3. The van der Waals surface area contributed by atoms with Gasteiger partial charge in [0.05, 0.1) is 12.5 Å². The van der Waals surface area contributed by atoms with Crippen molar-refractivity contribution < 1.29 is 13.9 Å². The molecule has 24 heavy (non-hydrogen) atoms. The smallest absolute Gasteiger partial charge is 0.226 e. The second-order valence-electron chi connectivity index (χ2n) is 6.64. The summed E-state index contributed by atoms with van der Waals surface area (Å²) in [5.74, 6) is -0.217. The van der Waals surface area contributed by atoms with Crippen molar-refractivity contribution >= 4 is 16.8 Å². The summed E-state index contributed by atoms with van der Waals surface area (Å²) >= 11 is 0. The van der Waals surface area contributed by atoms with Crippen LogP contribution < -0.4 is 0 Å². The molecule has 6 heteroatoms. The molecule has 1 aromatic carbocycles. The van der Waals surface area contributed by atoms with Crippen LogP contribution in [0.1, 0.15) is 12.0 Å². The molecule has 1 aromatic heterocycles. The van der Waals surface area contributed by atoms with Crippen LogP contribution in [0.25, 0.3) is 10.9 Å². The van der Waals surface area contributed by atoms with Gasteiger partial charge in [0.2, 0.25) is 5.91 Å². The number of aromatic nitrogens is 1. The highest BCUT2D eigenvalue weighted by atomic mass is 19.1. The van der Waals surface area contributed by atoms with Crippen LogP contribution in [0.3, 0.4) is 0 Å². The van der Waals surface area contributed by atoms with Gasteiger partial charge in [-0.3, -0.25) is 9.69 Å². The normalized spacial score (nSPS) is 21.5. The minimum Gasteiger partial charge on any atom is -0.380 e. The Kier molecular flexibility index (Phi) is 4.87. The van der Waals surface area contributed by atoms with Crippen LogP contribution in [-0.2, 0) is 16.0 Å². The molecule has 0 bridgehead atoms. The van der Waals surface area contributed by atoms with Crippen LogP contribution in [0, 0.1) is 5.82 Å². The molecular formula is C18H24FN3O2. The molecule has 2 atom stereocenters. The van der Waals surface area contributed by atoms with Gasteiger partial charge in [0.15, 0.2) is 0 Å². The third kappa shape index (κ3) is 3.44. The molecule has 1 aliphatic rings. The first-order valence-corrected chi connectivity index (χ1v) is 8.20. The molecule has 5 nitrogen and oxygen atoms in total. The fraction of sp³-hybridized carbons (Fsp3) is 0.500. The second-order valence-corrected chi connectivity index (χ2v) is 6.64. The molecule has 1 amide bonds. The number of fused-ring (bicyclic) bond motifs is 1. The Morgan fingerprint density at radius 1 is 1.50 bits per heavy atom. The molecule has 0 unspecified atom stereocenters. The lowest BCUT2D eigenvalue weighted by molar-refractivity contribution is -0.129. The Morgan fingerprint density at radius 3 is 3.00 bits per heavy atom. The van der Waals surface area contributed by atoms with E-state index in [0.717, 1.165) is 29.4 Å². The highest BCUT2D eigenvalue weighted by Gasteiger charge is 2.31. The molecule has 0 aliphatic carbocycles. The number of nitrogens with one attached hydrogen (secondary N) is 1. The average molecular weight is 333 g/mol. The van der Waals surface area contributed by atoms with Crippen LogP contribution in [0.5, 0.6) is 0 Å². The lowest BCUT2D eigenvalue weighted by Crippen LogP contribution is -2.40. The molecule has 2 heterocycles. The molecule has 1 N–H and O–H groups in total. The molecule has 1 aliphatic heterocycles. The molecule has 0 radical (unpaired) electrons. The number of methoxy groups -OCH3 is 1. The van der Waals surface area contributed by atoms with Crippen LogP contribution in [-0.4, -0.2) is 67.1 Å². The summed E-state index contributed by atoms with van der Waals surface area (Å²) in [6.07, 6.45) is 3.29. The molecule has 1 saturated heterocycles. The summed E-state index contributed by atoms with van der Waals surface area (Å²) in [5, 5.41) is 0.899. The Balaban J connectivity index is 1.63. The van der Waals surface area contributed by atoms with E-state index in [1.807, 2.05) is 7.05 Å². The van der Waals surface area contributed by atoms with Gasteiger partial charge in [-0.15, -0.1) is 0 Å². The van der Waals surface area contributed by atoms with Crippen molar-refractivity contribution in [3.8, 4) is 0 Å². The molecule has 0 spiro atoms. The van der Waals surface area contributed by atoms with E-state index < -0.39 is 0 Å². The highest BCUT2D eigenvalue weighted by Crippen LogP contribution is 2.21. The fourth-order valence-corrected chi connectivity index (χ4v) is 3.43. The second kappa shape index (κ2) is 6.91. The van der Waals surface area contributed by atoms with E-state index in [1.165, 1.54) is 12.1 Å². The van der Waals surface area contributed by atoms with Gasteiger partial charge in [-0.25, -0.2) is 4.39 Å². The maximum Gasteiger partial charge on any atom is 0.226 e. The summed E-state index contributed by atoms with van der Waals surface area (Å²) in [5.41, 5.74) is 1.62. The standard InChI is InChI=1S/C18H24FN3O2/c1-21-11-15(24-3)8-14(21)10-22(2)18(23)6-12-9-20-17-7-13(19)4-5-16(12)17/h4-5,7,9,14-15,20H,6,8,10-11H2,1-3H3/t14-,15-/m0/s1. The Morgan fingerprint density at radius 2 is 2.29 bits per heavy atom. The molecule has 3 rings (SSSR count). The van der Waals surface area contributed by atoms with E-state index in [0.29, 0.717) is 19.0 Å². The number of likely N-dealkylation sites (N-methyl/N-ethyl adjacent to an activating group) is 2. The van der Waals surface area contributed by atoms with Gasteiger partial charge in [-0.2, -0.15) is 0 Å². The number of amides is 1. The number of benzene rings is 1. The van der Waals surface area contributed by atoms with Crippen molar-refractivity contribution in [1.29, 1.82) is 0 Å². The van der Waals surface area contributed by atoms with Gasteiger partial charge in [0, 0.05) is 50.4 Å². The van der Waals surface area contributed by atoms with Crippen LogP contribution in [0.15, 0.2) is 24.4 Å². The Labute approximate surface area is 141 Å². The van der Waals surface area contributed by atoms with E-state index >= 15 is 0 Å².